The second kappa shape index (κ2) is 11.8. The first kappa shape index (κ1) is 24.0. The third-order valence-electron chi connectivity index (χ3n) is 5.20. The molecule has 0 unspecified atom stereocenters. The molecule has 0 radical (unpaired) electrons. The molecule has 0 bridgehead atoms. The van der Waals surface area contributed by atoms with Gasteiger partial charge < -0.3 is 20.1 Å². The first-order chi connectivity index (χ1) is 17.2. The maximum atomic E-state index is 13.3. The lowest BCUT2D eigenvalue weighted by molar-refractivity contribution is 0.127. The number of anilines is 2. The summed E-state index contributed by atoms with van der Waals surface area (Å²) in [5.41, 5.74) is 2.56. The van der Waals surface area contributed by atoms with Crippen LogP contribution in [-0.2, 0) is 11.3 Å². The van der Waals surface area contributed by atoms with Gasteiger partial charge in [-0.25, -0.2) is 24.9 Å². The number of nitrogens with one attached hydrogen (secondary N) is 2. The van der Waals surface area contributed by atoms with Crippen molar-refractivity contribution in [2.75, 3.05) is 44.0 Å². The molecule has 0 saturated carbocycles. The zero-order chi connectivity index (χ0) is 24.5. The third-order valence-corrected chi connectivity index (χ3v) is 5.20. The van der Waals surface area contributed by atoms with Crippen molar-refractivity contribution in [3.8, 4) is 17.0 Å². The van der Waals surface area contributed by atoms with Crippen LogP contribution in [0.3, 0.4) is 0 Å². The van der Waals surface area contributed by atoms with Crippen LogP contribution in [0.5, 0.6) is 5.88 Å². The van der Waals surface area contributed by atoms with Gasteiger partial charge in [0.25, 0.3) is 5.56 Å². The van der Waals surface area contributed by atoms with E-state index in [0.717, 1.165) is 17.5 Å². The Hall–Kier alpha value is -4.12. The van der Waals surface area contributed by atoms with E-state index in [2.05, 4.69) is 35.6 Å². The van der Waals surface area contributed by atoms with Crippen molar-refractivity contribution in [2.24, 2.45) is 0 Å². The Morgan fingerprint density at radius 1 is 1.00 bits per heavy atom. The Morgan fingerprint density at radius 3 is 2.60 bits per heavy atom. The summed E-state index contributed by atoms with van der Waals surface area (Å²) in [4.78, 5) is 34.6. The number of fused-ring (bicyclic) bond motifs is 1. The summed E-state index contributed by atoms with van der Waals surface area (Å²) in [6.07, 6.45) is 7.48. The molecule has 0 aromatic carbocycles. The van der Waals surface area contributed by atoms with Crippen LogP contribution < -0.4 is 20.9 Å². The molecule has 0 spiro atoms. The van der Waals surface area contributed by atoms with E-state index in [4.69, 9.17) is 9.47 Å². The first-order valence-corrected chi connectivity index (χ1v) is 11.4. The minimum atomic E-state index is -0.230. The van der Waals surface area contributed by atoms with Gasteiger partial charge in [-0.05, 0) is 24.6 Å². The molecule has 0 aliphatic rings. The molecule has 182 valence electrons. The van der Waals surface area contributed by atoms with Gasteiger partial charge in [-0.2, -0.15) is 0 Å². The molecule has 0 amide bonds. The fourth-order valence-corrected chi connectivity index (χ4v) is 3.46. The third kappa shape index (κ3) is 6.07. The number of pyridine rings is 2. The van der Waals surface area contributed by atoms with Crippen molar-refractivity contribution >= 4 is 22.8 Å². The summed E-state index contributed by atoms with van der Waals surface area (Å²) in [5, 5.41) is 6.29. The van der Waals surface area contributed by atoms with Crippen molar-refractivity contribution in [2.45, 2.75) is 19.9 Å². The highest BCUT2D eigenvalue weighted by Gasteiger charge is 2.13. The highest BCUT2D eigenvalue weighted by molar-refractivity contribution is 5.78. The number of aromatic nitrogens is 6. The highest BCUT2D eigenvalue weighted by atomic mass is 16.5. The number of nitrogens with zero attached hydrogens (tertiary/aromatic N) is 6. The molecular weight excluding hydrogens is 448 g/mol. The molecule has 35 heavy (non-hydrogen) atoms. The standard InChI is InChI=1S/C24H28N8O3/c1-3-11-35-12-10-32-19-13-18(17-4-5-21(34-2)28-14-17)15-29-22(19)31-23(24(32)33)27-9-8-26-20-6-7-25-16-30-20/h4-7,13-16H,3,8-12H2,1-2H3,(H,25,26,30)(H,27,29,31). The van der Waals surface area contributed by atoms with Crippen LogP contribution >= 0.6 is 0 Å². The molecule has 11 nitrogen and oxygen atoms in total. The van der Waals surface area contributed by atoms with Crippen LogP contribution in [0.4, 0.5) is 11.6 Å². The molecule has 0 fully saturated rings. The van der Waals surface area contributed by atoms with Crippen LogP contribution in [0.15, 0.2) is 54.0 Å². The van der Waals surface area contributed by atoms with E-state index < -0.39 is 0 Å². The predicted molar refractivity (Wildman–Crippen MR) is 134 cm³/mol. The molecule has 4 heterocycles. The van der Waals surface area contributed by atoms with Crippen LogP contribution in [0.1, 0.15) is 13.3 Å². The summed E-state index contributed by atoms with van der Waals surface area (Å²) >= 11 is 0. The average Bonchev–Trinajstić information content (AvgIpc) is 2.91. The largest absolute Gasteiger partial charge is 0.481 e. The molecule has 0 saturated heterocycles. The summed E-state index contributed by atoms with van der Waals surface area (Å²) in [7, 11) is 1.57. The lowest BCUT2D eigenvalue weighted by atomic mass is 10.1. The van der Waals surface area contributed by atoms with Crippen molar-refractivity contribution in [3.63, 3.8) is 0 Å². The van der Waals surface area contributed by atoms with E-state index in [-0.39, 0.29) is 11.4 Å². The summed E-state index contributed by atoms with van der Waals surface area (Å²) in [6, 6.07) is 7.36. The lowest BCUT2D eigenvalue weighted by Gasteiger charge is -2.14. The molecular formula is C24H28N8O3. The van der Waals surface area contributed by atoms with Gasteiger partial charge in [0.2, 0.25) is 5.88 Å². The summed E-state index contributed by atoms with van der Waals surface area (Å²) in [5.74, 6) is 1.48. The Morgan fingerprint density at radius 2 is 1.86 bits per heavy atom. The van der Waals surface area contributed by atoms with E-state index in [9.17, 15) is 4.79 Å². The number of hydrogen-bond donors (Lipinski definition) is 2. The van der Waals surface area contributed by atoms with E-state index in [0.29, 0.717) is 55.7 Å². The van der Waals surface area contributed by atoms with E-state index in [1.165, 1.54) is 6.33 Å². The number of ether oxygens (including phenoxy) is 2. The summed E-state index contributed by atoms with van der Waals surface area (Å²) < 4.78 is 12.4. The molecule has 0 aliphatic heterocycles. The topological polar surface area (TPSA) is 129 Å². The van der Waals surface area contributed by atoms with Crippen LogP contribution in [0.25, 0.3) is 22.3 Å². The first-order valence-electron chi connectivity index (χ1n) is 11.4. The molecule has 4 rings (SSSR count). The number of rotatable bonds is 12. The van der Waals surface area contributed by atoms with Crippen molar-refractivity contribution in [3.05, 3.63) is 59.5 Å². The monoisotopic (exact) mass is 476 g/mol. The molecule has 2 N–H and O–H groups in total. The molecule has 4 aromatic rings. The van der Waals surface area contributed by atoms with E-state index in [1.807, 2.05) is 19.1 Å². The SMILES string of the molecule is CCCOCCn1c(=O)c(NCCNc2ccncn2)nc2ncc(-c3ccc(OC)nc3)cc21. The van der Waals surface area contributed by atoms with Crippen molar-refractivity contribution < 1.29 is 9.47 Å². The second-order valence-corrected chi connectivity index (χ2v) is 7.63. The molecule has 0 aliphatic carbocycles. The molecule has 11 heteroatoms. The Bertz CT molecular complexity index is 1300. The second-order valence-electron chi connectivity index (χ2n) is 7.63. The fourth-order valence-electron chi connectivity index (χ4n) is 3.46. The Kier molecular flexibility index (Phi) is 8.12. The van der Waals surface area contributed by atoms with Crippen LogP contribution in [0.2, 0.25) is 0 Å². The van der Waals surface area contributed by atoms with Crippen molar-refractivity contribution in [1.29, 1.82) is 0 Å². The predicted octanol–water partition coefficient (Wildman–Crippen LogP) is 2.60. The average molecular weight is 477 g/mol. The quantitative estimate of drug-likeness (QED) is 0.294. The Balaban J connectivity index is 1.59. The minimum absolute atomic E-state index is 0.230. The van der Waals surface area contributed by atoms with Gasteiger partial charge in [0.05, 0.1) is 19.2 Å². The number of methoxy groups -OCH3 is 1. The van der Waals surface area contributed by atoms with E-state index >= 15 is 0 Å². The maximum Gasteiger partial charge on any atom is 0.293 e. The highest BCUT2D eigenvalue weighted by Crippen LogP contribution is 2.23. The van der Waals surface area contributed by atoms with Gasteiger partial charge >= 0.3 is 0 Å². The summed E-state index contributed by atoms with van der Waals surface area (Å²) in [6.45, 7) is 4.50. The van der Waals surface area contributed by atoms with E-state index in [1.54, 1.807) is 42.4 Å². The minimum Gasteiger partial charge on any atom is -0.481 e. The van der Waals surface area contributed by atoms with Gasteiger partial charge in [-0.3, -0.25) is 9.36 Å². The zero-order valence-electron chi connectivity index (χ0n) is 19.8. The molecule has 4 aromatic heterocycles. The zero-order valence-corrected chi connectivity index (χ0v) is 19.8. The van der Waals surface area contributed by atoms with Crippen LogP contribution in [-0.4, -0.2) is 62.9 Å². The van der Waals surface area contributed by atoms with Gasteiger partial charge in [0, 0.05) is 62.0 Å². The number of hydrogen-bond acceptors (Lipinski definition) is 10. The lowest BCUT2D eigenvalue weighted by Crippen LogP contribution is -2.29. The normalized spacial score (nSPS) is 10.9. The van der Waals surface area contributed by atoms with Gasteiger partial charge in [0.15, 0.2) is 11.5 Å². The maximum absolute atomic E-state index is 13.3. The smallest absolute Gasteiger partial charge is 0.293 e. The van der Waals surface area contributed by atoms with Crippen LogP contribution in [0, 0.1) is 0 Å². The van der Waals surface area contributed by atoms with Gasteiger partial charge in [-0.15, -0.1) is 0 Å². The van der Waals surface area contributed by atoms with Gasteiger partial charge in [0.1, 0.15) is 12.1 Å². The Labute approximate surface area is 202 Å². The van der Waals surface area contributed by atoms with Crippen molar-refractivity contribution in [1.82, 2.24) is 29.5 Å². The molecule has 0 atom stereocenters. The fraction of sp³-hybridized carbons (Fsp3) is 0.333. The van der Waals surface area contributed by atoms with Gasteiger partial charge in [-0.1, -0.05) is 6.92 Å².